The van der Waals surface area contributed by atoms with Crippen LogP contribution in [0.25, 0.3) is 0 Å². The molecule has 1 aliphatic heterocycles. The highest BCUT2D eigenvalue weighted by atomic mass is 79.9. The SMILES string of the molecule is NC(=S)N1CCOc2ccc(Br)cc21. The Kier molecular flexibility index (Phi) is 2.60. The fourth-order valence-corrected chi connectivity index (χ4v) is 1.96. The van der Waals surface area contributed by atoms with Gasteiger partial charge in [0.1, 0.15) is 12.4 Å². The van der Waals surface area contributed by atoms with Crippen molar-refractivity contribution in [3.8, 4) is 5.75 Å². The molecule has 74 valence electrons. The van der Waals surface area contributed by atoms with E-state index in [4.69, 9.17) is 22.7 Å². The Hall–Kier alpha value is -0.810. The number of fused-ring (bicyclic) bond motifs is 1. The van der Waals surface area contributed by atoms with Crippen LogP contribution >= 0.6 is 28.1 Å². The molecule has 1 aromatic carbocycles. The van der Waals surface area contributed by atoms with E-state index in [1.807, 2.05) is 23.1 Å². The number of nitrogens with zero attached hydrogens (tertiary/aromatic N) is 1. The van der Waals surface area contributed by atoms with Crippen LogP contribution in [0.15, 0.2) is 22.7 Å². The summed E-state index contributed by atoms with van der Waals surface area (Å²) in [5.74, 6) is 0.826. The van der Waals surface area contributed by atoms with Crippen molar-refractivity contribution in [2.24, 2.45) is 5.73 Å². The predicted molar refractivity (Wildman–Crippen MR) is 63.8 cm³/mol. The van der Waals surface area contributed by atoms with Crippen molar-refractivity contribution in [3.63, 3.8) is 0 Å². The summed E-state index contributed by atoms with van der Waals surface area (Å²) < 4.78 is 6.47. The van der Waals surface area contributed by atoms with Gasteiger partial charge in [0.25, 0.3) is 0 Å². The molecule has 2 N–H and O–H groups in total. The second-order valence-electron chi connectivity index (χ2n) is 2.95. The molecule has 0 saturated heterocycles. The zero-order valence-electron chi connectivity index (χ0n) is 7.37. The van der Waals surface area contributed by atoms with Crippen molar-refractivity contribution >= 4 is 38.9 Å². The summed E-state index contributed by atoms with van der Waals surface area (Å²) in [7, 11) is 0. The summed E-state index contributed by atoms with van der Waals surface area (Å²) in [5.41, 5.74) is 6.55. The number of ether oxygens (including phenoxy) is 1. The van der Waals surface area contributed by atoms with Crippen LogP contribution in [0.3, 0.4) is 0 Å². The summed E-state index contributed by atoms with van der Waals surface area (Å²) in [5, 5.41) is 0.382. The highest BCUT2D eigenvalue weighted by Gasteiger charge is 2.19. The van der Waals surface area contributed by atoms with Gasteiger partial charge in [0.2, 0.25) is 0 Å². The second-order valence-corrected chi connectivity index (χ2v) is 4.28. The largest absolute Gasteiger partial charge is 0.490 e. The minimum Gasteiger partial charge on any atom is -0.490 e. The Morgan fingerprint density at radius 2 is 2.36 bits per heavy atom. The topological polar surface area (TPSA) is 38.5 Å². The normalized spacial score (nSPS) is 14.5. The number of anilines is 1. The highest BCUT2D eigenvalue weighted by molar-refractivity contribution is 9.10. The first-order chi connectivity index (χ1) is 6.68. The van der Waals surface area contributed by atoms with Crippen LogP contribution in [0.5, 0.6) is 5.75 Å². The van der Waals surface area contributed by atoms with Crippen LogP contribution in [-0.2, 0) is 0 Å². The summed E-state index contributed by atoms with van der Waals surface area (Å²) >= 11 is 8.37. The molecular weight excluding hydrogens is 264 g/mol. The van der Waals surface area contributed by atoms with Crippen LogP contribution in [0.1, 0.15) is 0 Å². The number of nitrogens with two attached hydrogens (primary N) is 1. The van der Waals surface area contributed by atoms with Gasteiger partial charge in [-0.3, -0.25) is 0 Å². The molecule has 0 radical (unpaired) electrons. The molecule has 0 aliphatic carbocycles. The molecule has 2 rings (SSSR count). The molecule has 3 nitrogen and oxygen atoms in total. The maximum absolute atomic E-state index is 5.62. The lowest BCUT2D eigenvalue weighted by Crippen LogP contribution is -2.41. The molecule has 0 fully saturated rings. The van der Waals surface area contributed by atoms with Gasteiger partial charge in [0, 0.05) is 4.47 Å². The summed E-state index contributed by atoms with van der Waals surface area (Å²) in [6.07, 6.45) is 0. The standard InChI is InChI=1S/C9H9BrN2OS/c10-6-1-2-8-7(5-6)12(9(11)14)3-4-13-8/h1-2,5H,3-4H2,(H2,11,14). The minimum atomic E-state index is 0.382. The molecule has 14 heavy (non-hydrogen) atoms. The first-order valence-electron chi connectivity index (χ1n) is 4.18. The van der Waals surface area contributed by atoms with Crippen molar-refractivity contribution in [2.45, 2.75) is 0 Å². The number of hydrogen-bond donors (Lipinski definition) is 1. The number of rotatable bonds is 0. The lowest BCUT2D eigenvalue weighted by molar-refractivity contribution is 0.315. The van der Waals surface area contributed by atoms with Crippen molar-refractivity contribution in [3.05, 3.63) is 22.7 Å². The lowest BCUT2D eigenvalue weighted by Gasteiger charge is -2.29. The third-order valence-corrected chi connectivity index (χ3v) is 2.76. The van der Waals surface area contributed by atoms with E-state index in [1.54, 1.807) is 0 Å². The fraction of sp³-hybridized carbons (Fsp3) is 0.222. The Balaban J connectivity index is 2.46. The van der Waals surface area contributed by atoms with E-state index >= 15 is 0 Å². The average Bonchev–Trinajstić information content (AvgIpc) is 2.16. The quantitative estimate of drug-likeness (QED) is 0.733. The summed E-state index contributed by atoms with van der Waals surface area (Å²) in [4.78, 5) is 1.87. The number of thiocarbonyl (C=S) groups is 1. The third kappa shape index (κ3) is 1.69. The lowest BCUT2D eigenvalue weighted by atomic mass is 10.2. The van der Waals surface area contributed by atoms with Gasteiger partial charge in [-0.1, -0.05) is 15.9 Å². The van der Waals surface area contributed by atoms with E-state index in [0.29, 0.717) is 18.3 Å². The van der Waals surface area contributed by atoms with E-state index in [9.17, 15) is 0 Å². The zero-order chi connectivity index (χ0) is 10.1. The molecule has 0 saturated carbocycles. The molecular formula is C9H9BrN2OS. The average molecular weight is 273 g/mol. The van der Waals surface area contributed by atoms with Crippen LogP contribution in [0, 0.1) is 0 Å². The van der Waals surface area contributed by atoms with Gasteiger partial charge in [-0.05, 0) is 30.4 Å². The minimum absolute atomic E-state index is 0.382. The maximum Gasteiger partial charge on any atom is 0.171 e. The highest BCUT2D eigenvalue weighted by Crippen LogP contribution is 2.33. The van der Waals surface area contributed by atoms with Crippen LogP contribution < -0.4 is 15.4 Å². The molecule has 0 unspecified atom stereocenters. The van der Waals surface area contributed by atoms with Gasteiger partial charge in [0.15, 0.2) is 5.11 Å². The molecule has 1 aromatic rings. The fourth-order valence-electron chi connectivity index (χ4n) is 1.42. The van der Waals surface area contributed by atoms with Crippen molar-refractivity contribution in [1.29, 1.82) is 0 Å². The van der Waals surface area contributed by atoms with Crippen LogP contribution in [0.2, 0.25) is 0 Å². The van der Waals surface area contributed by atoms with E-state index in [0.717, 1.165) is 15.9 Å². The monoisotopic (exact) mass is 272 g/mol. The van der Waals surface area contributed by atoms with Crippen molar-refractivity contribution < 1.29 is 4.74 Å². The Bertz CT molecular complexity index is 383. The Morgan fingerprint density at radius 3 is 3.07 bits per heavy atom. The second kappa shape index (κ2) is 3.74. The van der Waals surface area contributed by atoms with Crippen molar-refractivity contribution in [1.82, 2.24) is 0 Å². The van der Waals surface area contributed by atoms with Crippen LogP contribution in [-0.4, -0.2) is 18.3 Å². The van der Waals surface area contributed by atoms with Crippen molar-refractivity contribution in [2.75, 3.05) is 18.1 Å². The van der Waals surface area contributed by atoms with Gasteiger partial charge >= 0.3 is 0 Å². The first kappa shape index (κ1) is 9.73. The van der Waals surface area contributed by atoms with E-state index in [2.05, 4.69) is 15.9 Å². The van der Waals surface area contributed by atoms with E-state index in [-0.39, 0.29) is 0 Å². The van der Waals surface area contributed by atoms with Gasteiger partial charge < -0.3 is 15.4 Å². The van der Waals surface area contributed by atoms with Gasteiger partial charge in [-0.25, -0.2) is 0 Å². The first-order valence-corrected chi connectivity index (χ1v) is 5.38. The molecule has 0 atom stereocenters. The van der Waals surface area contributed by atoms with E-state index in [1.165, 1.54) is 0 Å². The van der Waals surface area contributed by atoms with Gasteiger partial charge in [-0.15, -0.1) is 0 Å². The van der Waals surface area contributed by atoms with Crippen LogP contribution in [0.4, 0.5) is 5.69 Å². The molecule has 1 heterocycles. The third-order valence-electron chi connectivity index (χ3n) is 2.05. The smallest absolute Gasteiger partial charge is 0.171 e. The van der Waals surface area contributed by atoms with Gasteiger partial charge in [0.05, 0.1) is 12.2 Å². The summed E-state index contributed by atoms with van der Waals surface area (Å²) in [6, 6.07) is 5.79. The van der Waals surface area contributed by atoms with E-state index < -0.39 is 0 Å². The molecule has 0 amide bonds. The number of benzene rings is 1. The number of hydrogen-bond acceptors (Lipinski definition) is 2. The zero-order valence-corrected chi connectivity index (χ0v) is 9.77. The number of halogens is 1. The molecule has 0 spiro atoms. The Labute approximate surface area is 96.0 Å². The van der Waals surface area contributed by atoms with Gasteiger partial charge in [-0.2, -0.15) is 0 Å². The molecule has 5 heteroatoms. The Morgan fingerprint density at radius 1 is 1.57 bits per heavy atom. The molecule has 1 aliphatic rings. The summed E-state index contributed by atoms with van der Waals surface area (Å²) in [6.45, 7) is 1.32. The predicted octanol–water partition coefficient (Wildman–Crippen LogP) is 1.89. The molecule has 0 aromatic heterocycles. The molecule has 0 bridgehead atoms. The maximum atomic E-state index is 5.62.